The number of rotatable bonds is 9. The van der Waals surface area contributed by atoms with Gasteiger partial charge in [0.1, 0.15) is 9.84 Å². The van der Waals surface area contributed by atoms with E-state index in [9.17, 15) is 8.42 Å². The highest BCUT2D eigenvalue weighted by Gasteiger charge is 2.09. The maximum Gasteiger partial charge on any atom is 0.191 e. The summed E-state index contributed by atoms with van der Waals surface area (Å²) in [6.45, 7) is 5.92. The minimum atomic E-state index is -2.96. The first-order valence-corrected chi connectivity index (χ1v) is 11.2. The van der Waals surface area contributed by atoms with Gasteiger partial charge in [0.2, 0.25) is 0 Å². The Bertz CT molecular complexity index is 837. The Morgan fingerprint density at radius 1 is 1.25 bits per heavy atom. The van der Waals surface area contributed by atoms with Gasteiger partial charge in [-0.2, -0.15) is 5.10 Å². The smallest absolute Gasteiger partial charge is 0.191 e. The van der Waals surface area contributed by atoms with E-state index in [-0.39, 0.29) is 35.8 Å². The SMILES string of the molecule is CCNC(=NCc1cnn(Cc2ccccc2)c1)NC(C)CCS(C)(=O)=O.I. The van der Waals surface area contributed by atoms with E-state index in [4.69, 9.17) is 0 Å². The Morgan fingerprint density at radius 2 is 1.96 bits per heavy atom. The van der Waals surface area contributed by atoms with Gasteiger partial charge in [-0.3, -0.25) is 4.68 Å². The summed E-state index contributed by atoms with van der Waals surface area (Å²) >= 11 is 0. The van der Waals surface area contributed by atoms with Gasteiger partial charge >= 0.3 is 0 Å². The Balaban J connectivity index is 0.00000392. The lowest BCUT2D eigenvalue weighted by Gasteiger charge is -2.17. The average molecular weight is 519 g/mol. The molecule has 2 aromatic rings. The van der Waals surface area contributed by atoms with Crippen molar-refractivity contribution < 1.29 is 8.42 Å². The van der Waals surface area contributed by atoms with Crippen molar-refractivity contribution in [1.82, 2.24) is 20.4 Å². The van der Waals surface area contributed by atoms with Crippen molar-refractivity contribution in [3.05, 3.63) is 53.9 Å². The summed E-state index contributed by atoms with van der Waals surface area (Å²) in [7, 11) is -2.96. The molecule has 0 radical (unpaired) electrons. The van der Waals surface area contributed by atoms with Crippen LogP contribution in [0.5, 0.6) is 0 Å². The van der Waals surface area contributed by atoms with Gasteiger partial charge in [-0.05, 0) is 25.8 Å². The molecule has 1 aromatic heterocycles. The van der Waals surface area contributed by atoms with Gasteiger partial charge in [-0.25, -0.2) is 13.4 Å². The second-order valence-corrected chi connectivity index (χ2v) is 8.95. The molecular formula is C19H30IN5O2S. The van der Waals surface area contributed by atoms with Crippen LogP contribution in [-0.4, -0.2) is 48.8 Å². The molecule has 9 heteroatoms. The number of halogens is 1. The molecule has 2 N–H and O–H groups in total. The fourth-order valence-corrected chi connectivity index (χ4v) is 3.31. The minimum Gasteiger partial charge on any atom is -0.357 e. The molecule has 156 valence electrons. The lowest BCUT2D eigenvalue weighted by atomic mass is 10.2. The summed E-state index contributed by atoms with van der Waals surface area (Å²) in [4.78, 5) is 4.58. The highest BCUT2D eigenvalue weighted by Crippen LogP contribution is 2.05. The number of hydrogen-bond acceptors (Lipinski definition) is 4. The number of guanidine groups is 1. The molecule has 0 spiro atoms. The fraction of sp³-hybridized carbons (Fsp3) is 0.474. The molecule has 7 nitrogen and oxygen atoms in total. The first-order chi connectivity index (χ1) is 12.9. The third-order valence-electron chi connectivity index (χ3n) is 3.94. The fourth-order valence-electron chi connectivity index (χ4n) is 2.53. The van der Waals surface area contributed by atoms with Crippen LogP contribution in [0.25, 0.3) is 0 Å². The van der Waals surface area contributed by atoms with Crippen molar-refractivity contribution >= 4 is 39.8 Å². The van der Waals surface area contributed by atoms with Crippen LogP contribution in [0.2, 0.25) is 0 Å². The van der Waals surface area contributed by atoms with Crippen LogP contribution in [0.1, 0.15) is 31.4 Å². The van der Waals surface area contributed by atoms with E-state index in [0.29, 0.717) is 18.9 Å². The number of nitrogens with one attached hydrogen (secondary N) is 2. The van der Waals surface area contributed by atoms with Crippen molar-refractivity contribution in [3.63, 3.8) is 0 Å². The van der Waals surface area contributed by atoms with Gasteiger partial charge in [0.25, 0.3) is 0 Å². The van der Waals surface area contributed by atoms with E-state index in [1.807, 2.05) is 49.1 Å². The second-order valence-electron chi connectivity index (χ2n) is 6.69. The lowest BCUT2D eigenvalue weighted by molar-refractivity contribution is 0.581. The first-order valence-electron chi connectivity index (χ1n) is 9.13. The summed E-state index contributed by atoms with van der Waals surface area (Å²) in [6, 6.07) is 10.2. The largest absolute Gasteiger partial charge is 0.357 e. The van der Waals surface area contributed by atoms with Gasteiger partial charge < -0.3 is 10.6 Å². The van der Waals surface area contributed by atoms with Crippen LogP contribution in [0.4, 0.5) is 0 Å². The van der Waals surface area contributed by atoms with Gasteiger partial charge in [0.05, 0.1) is 25.0 Å². The van der Waals surface area contributed by atoms with Gasteiger partial charge in [0.15, 0.2) is 5.96 Å². The van der Waals surface area contributed by atoms with E-state index < -0.39 is 9.84 Å². The zero-order chi connectivity index (χ0) is 19.7. The van der Waals surface area contributed by atoms with Crippen molar-refractivity contribution in [2.45, 2.75) is 39.4 Å². The number of aromatic nitrogens is 2. The second kappa shape index (κ2) is 12.1. The van der Waals surface area contributed by atoms with Crippen molar-refractivity contribution in [2.24, 2.45) is 4.99 Å². The molecule has 2 rings (SSSR count). The molecule has 1 aromatic carbocycles. The molecule has 1 atom stereocenters. The highest BCUT2D eigenvalue weighted by atomic mass is 127. The van der Waals surface area contributed by atoms with E-state index in [0.717, 1.165) is 18.7 Å². The van der Waals surface area contributed by atoms with E-state index >= 15 is 0 Å². The van der Waals surface area contributed by atoms with Crippen LogP contribution < -0.4 is 10.6 Å². The maximum atomic E-state index is 11.3. The molecule has 0 fully saturated rings. The molecule has 0 saturated heterocycles. The molecule has 0 amide bonds. The number of aliphatic imine (C=N–C) groups is 1. The lowest BCUT2D eigenvalue weighted by Crippen LogP contribution is -2.42. The average Bonchev–Trinajstić information content (AvgIpc) is 3.06. The first kappa shape index (κ1) is 24.4. The van der Waals surface area contributed by atoms with E-state index in [1.165, 1.54) is 11.8 Å². The predicted molar refractivity (Wildman–Crippen MR) is 125 cm³/mol. The molecule has 28 heavy (non-hydrogen) atoms. The summed E-state index contributed by atoms with van der Waals surface area (Å²) in [6.07, 6.45) is 5.61. The summed E-state index contributed by atoms with van der Waals surface area (Å²) in [5.41, 5.74) is 2.22. The molecule has 0 saturated carbocycles. The van der Waals surface area contributed by atoms with Crippen LogP contribution in [0.15, 0.2) is 47.7 Å². The van der Waals surface area contributed by atoms with E-state index in [1.54, 1.807) is 0 Å². The van der Waals surface area contributed by atoms with Crippen molar-refractivity contribution in [2.75, 3.05) is 18.6 Å². The number of hydrogen-bond donors (Lipinski definition) is 2. The third-order valence-corrected chi connectivity index (χ3v) is 4.92. The Labute approximate surface area is 185 Å². The topological polar surface area (TPSA) is 88.4 Å². The van der Waals surface area contributed by atoms with Crippen molar-refractivity contribution in [1.29, 1.82) is 0 Å². The molecule has 0 bridgehead atoms. The standard InChI is InChI=1S/C19H29N5O2S.HI/c1-4-20-19(23-16(2)10-11-27(3,25)26)21-12-18-13-22-24(15-18)14-17-8-6-5-7-9-17;/h5-9,13,15-16H,4,10-12,14H2,1-3H3,(H2,20,21,23);1H. The summed E-state index contributed by atoms with van der Waals surface area (Å²) < 4.78 is 24.5. The van der Waals surface area contributed by atoms with Gasteiger partial charge in [-0.1, -0.05) is 30.3 Å². The normalized spacial score (nSPS) is 12.9. The Morgan fingerprint density at radius 3 is 2.61 bits per heavy atom. The Hall–Kier alpha value is -1.62. The molecule has 0 aliphatic heterocycles. The number of nitrogens with zero attached hydrogens (tertiary/aromatic N) is 3. The third kappa shape index (κ3) is 9.54. The zero-order valence-corrected chi connectivity index (χ0v) is 19.8. The molecular weight excluding hydrogens is 489 g/mol. The molecule has 1 heterocycles. The maximum absolute atomic E-state index is 11.3. The number of sulfone groups is 1. The molecule has 0 aliphatic carbocycles. The van der Waals surface area contributed by atoms with Crippen LogP contribution >= 0.6 is 24.0 Å². The van der Waals surface area contributed by atoms with Crippen LogP contribution in [-0.2, 0) is 22.9 Å². The Kier molecular flexibility index (Phi) is 10.5. The minimum absolute atomic E-state index is 0. The summed E-state index contributed by atoms with van der Waals surface area (Å²) in [5.74, 6) is 0.835. The quantitative estimate of drug-likeness (QED) is 0.302. The number of benzene rings is 1. The summed E-state index contributed by atoms with van der Waals surface area (Å²) in [5, 5.41) is 10.8. The molecule has 0 aliphatic rings. The van der Waals surface area contributed by atoms with Crippen LogP contribution in [0, 0.1) is 0 Å². The van der Waals surface area contributed by atoms with Gasteiger partial charge in [0, 0.05) is 30.6 Å². The predicted octanol–water partition coefficient (Wildman–Crippen LogP) is 2.43. The van der Waals surface area contributed by atoms with Gasteiger partial charge in [-0.15, -0.1) is 24.0 Å². The monoisotopic (exact) mass is 519 g/mol. The van der Waals surface area contributed by atoms with Crippen molar-refractivity contribution in [3.8, 4) is 0 Å². The molecule has 1 unspecified atom stereocenters. The zero-order valence-electron chi connectivity index (χ0n) is 16.6. The van der Waals surface area contributed by atoms with E-state index in [2.05, 4.69) is 32.9 Å². The highest BCUT2D eigenvalue weighted by molar-refractivity contribution is 14.0. The van der Waals surface area contributed by atoms with Crippen LogP contribution in [0.3, 0.4) is 0 Å².